The molecule has 2 N–H and O–H groups in total. The summed E-state index contributed by atoms with van der Waals surface area (Å²) in [4.78, 5) is 11.8. The monoisotopic (exact) mass is 344 g/mol. The lowest BCUT2D eigenvalue weighted by Gasteiger charge is -2.12. The second-order valence-corrected chi connectivity index (χ2v) is 5.65. The van der Waals surface area contributed by atoms with Gasteiger partial charge in [0, 0.05) is 12.7 Å². The van der Waals surface area contributed by atoms with Crippen LogP contribution in [-0.2, 0) is 18.4 Å². The Bertz CT molecular complexity index is 688. The second-order valence-electron chi connectivity index (χ2n) is 4.89. The van der Waals surface area contributed by atoms with Crippen LogP contribution in [0, 0.1) is 5.82 Å². The molecule has 118 valence electrons. The molecule has 0 aliphatic heterocycles. The first-order valence-corrected chi connectivity index (χ1v) is 7.34. The van der Waals surface area contributed by atoms with Crippen LogP contribution in [0.4, 0.5) is 4.39 Å². The lowest BCUT2D eigenvalue weighted by molar-refractivity contribution is -0.123. The molecule has 2 aromatic rings. The number of aromatic nitrogens is 1. The Morgan fingerprint density at radius 2 is 2.14 bits per heavy atom. The highest BCUT2D eigenvalue weighted by Crippen LogP contribution is 2.25. The maximum atomic E-state index is 13.1. The fourth-order valence-corrected chi connectivity index (χ4v) is 2.44. The maximum Gasteiger partial charge on any atom is 0.223 e. The van der Waals surface area contributed by atoms with E-state index in [0.29, 0.717) is 15.7 Å². The number of aliphatic hydroxyl groups excluding tert-OH is 1. The molecule has 22 heavy (non-hydrogen) atoms. The van der Waals surface area contributed by atoms with Gasteiger partial charge in [0.1, 0.15) is 11.0 Å². The van der Waals surface area contributed by atoms with Crippen LogP contribution in [0.15, 0.2) is 30.3 Å². The number of aliphatic hydroxyl groups is 1. The van der Waals surface area contributed by atoms with Gasteiger partial charge in [0.05, 0.1) is 24.1 Å². The van der Waals surface area contributed by atoms with E-state index in [1.807, 2.05) is 0 Å². The largest absolute Gasteiger partial charge is 0.388 e. The van der Waals surface area contributed by atoms with Gasteiger partial charge in [-0.3, -0.25) is 4.79 Å². The average molecular weight is 345 g/mol. The zero-order valence-electron chi connectivity index (χ0n) is 11.8. The van der Waals surface area contributed by atoms with Crippen molar-refractivity contribution in [2.45, 2.75) is 19.1 Å². The van der Waals surface area contributed by atoms with Crippen LogP contribution in [0.3, 0.4) is 0 Å². The van der Waals surface area contributed by atoms with Crippen molar-refractivity contribution in [3.05, 3.63) is 57.6 Å². The summed E-state index contributed by atoms with van der Waals surface area (Å²) in [7, 11) is 1.73. The van der Waals surface area contributed by atoms with Crippen LogP contribution in [0.25, 0.3) is 0 Å². The zero-order valence-corrected chi connectivity index (χ0v) is 13.3. The Hall–Kier alpha value is -1.56. The van der Waals surface area contributed by atoms with Crippen molar-refractivity contribution in [2.24, 2.45) is 7.05 Å². The summed E-state index contributed by atoms with van der Waals surface area (Å²) in [6, 6.07) is 7.19. The first-order valence-electron chi connectivity index (χ1n) is 6.58. The van der Waals surface area contributed by atoms with E-state index in [4.69, 9.17) is 23.2 Å². The topological polar surface area (TPSA) is 54.3 Å². The fourth-order valence-electron chi connectivity index (χ4n) is 2.03. The molecule has 0 saturated carbocycles. The Labute approximate surface area is 137 Å². The summed E-state index contributed by atoms with van der Waals surface area (Å²) in [6.07, 6.45) is -1.22. The summed E-state index contributed by atoms with van der Waals surface area (Å²) in [5, 5.41) is 13.4. The predicted molar refractivity (Wildman–Crippen MR) is 83.3 cm³/mol. The van der Waals surface area contributed by atoms with Crippen LogP contribution in [0.5, 0.6) is 0 Å². The molecule has 1 aromatic heterocycles. The first-order chi connectivity index (χ1) is 10.4. The van der Waals surface area contributed by atoms with E-state index in [2.05, 4.69) is 5.32 Å². The second kappa shape index (κ2) is 7.13. The minimum absolute atomic E-state index is 0.157. The molecule has 0 aliphatic carbocycles. The summed E-state index contributed by atoms with van der Waals surface area (Å²) in [6.45, 7) is 0.234. The maximum absolute atomic E-state index is 13.1. The number of halogens is 3. The highest BCUT2D eigenvalue weighted by molar-refractivity contribution is 6.41. The number of nitrogens with zero attached hydrogens (tertiary/aromatic N) is 1. The lowest BCUT2D eigenvalue weighted by Crippen LogP contribution is -2.25. The van der Waals surface area contributed by atoms with Crippen LogP contribution < -0.4 is 5.32 Å². The highest BCUT2D eigenvalue weighted by Gasteiger charge is 2.15. The van der Waals surface area contributed by atoms with Gasteiger partial charge in [-0.2, -0.15) is 0 Å². The van der Waals surface area contributed by atoms with Crippen molar-refractivity contribution in [1.82, 2.24) is 9.88 Å². The number of carbonyl (C=O) groups is 1. The molecule has 1 amide bonds. The predicted octanol–water partition coefficient (Wildman–Crippen LogP) is 3.21. The average Bonchev–Trinajstić information content (AvgIpc) is 2.72. The highest BCUT2D eigenvalue weighted by atomic mass is 35.5. The van der Waals surface area contributed by atoms with E-state index in [-0.39, 0.29) is 18.9 Å². The summed E-state index contributed by atoms with van der Waals surface area (Å²) in [5.74, 6) is -0.810. The molecule has 0 spiro atoms. The van der Waals surface area contributed by atoms with Gasteiger partial charge < -0.3 is 15.0 Å². The van der Waals surface area contributed by atoms with Gasteiger partial charge in [-0.25, -0.2) is 4.39 Å². The van der Waals surface area contributed by atoms with Gasteiger partial charge in [0.15, 0.2) is 0 Å². The van der Waals surface area contributed by atoms with Gasteiger partial charge in [0.2, 0.25) is 5.91 Å². The smallest absolute Gasteiger partial charge is 0.223 e. The first kappa shape index (κ1) is 16.8. The van der Waals surface area contributed by atoms with Crippen molar-refractivity contribution in [3.8, 4) is 0 Å². The molecule has 0 radical (unpaired) electrons. The molecule has 1 atom stereocenters. The van der Waals surface area contributed by atoms with Gasteiger partial charge in [-0.1, -0.05) is 35.3 Å². The normalized spacial score (nSPS) is 12.2. The van der Waals surface area contributed by atoms with Crippen molar-refractivity contribution in [2.75, 3.05) is 0 Å². The molecule has 7 heteroatoms. The van der Waals surface area contributed by atoms with E-state index in [1.165, 1.54) is 18.2 Å². The molecule has 1 unspecified atom stereocenters. The Kier molecular flexibility index (Phi) is 5.45. The number of hydrogen-bond acceptors (Lipinski definition) is 2. The number of rotatable bonds is 5. The molecule has 1 aromatic carbocycles. The number of benzene rings is 1. The SMILES string of the molecule is Cn1c(CNC(=O)CC(O)c2cccc(F)c2)cc(Cl)c1Cl. The number of hydrogen-bond donors (Lipinski definition) is 2. The molecule has 1 heterocycles. The number of amides is 1. The number of nitrogens with one attached hydrogen (secondary N) is 1. The molecular formula is C15H15Cl2FN2O2. The summed E-state index contributed by atoms with van der Waals surface area (Å²) in [5.41, 5.74) is 1.10. The Morgan fingerprint density at radius 1 is 1.41 bits per heavy atom. The van der Waals surface area contributed by atoms with Gasteiger partial charge in [-0.05, 0) is 23.8 Å². The lowest BCUT2D eigenvalue weighted by atomic mass is 10.1. The number of carbonyl (C=O) groups excluding carboxylic acids is 1. The molecular weight excluding hydrogens is 330 g/mol. The quantitative estimate of drug-likeness (QED) is 0.874. The third kappa shape index (κ3) is 4.00. The summed E-state index contributed by atoms with van der Waals surface area (Å²) >= 11 is 11.8. The molecule has 0 fully saturated rings. The van der Waals surface area contributed by atoms with Crippen LogP contribution in [0.2, 0.25) is 10.2 Å². The minimum atomic E-state index is -1.06. The summed E-state index contributed by atoms with van der Waals surface area (Å²) < 4.78 is 14.7. The zero-order chi connectivity index (χ0) is 16.3. The van der Waals surface area contributed by atoms with Crippen molar-refractivity contribution in [3.63, 3.8) is 0 Å². The van der Waals surface area contributed by atoms with Crippen LogP contribution >= 0.6 is 23.2 Å². The molecule has 0 saturated heterocycles. The van der Waals surface area contributed by atoms with Crippen LogP contribution in [0.1, 0.15) is 23.8 Å². The van der Waals surface area contributed by atoms with E-state index in [9.17, 15) is 14.3 Å². The van der Waals surface area contributed by atoms with E-state index < -0.39 is 11.9 Å². The minimum Gasteiger partial charge on any atom is -0.388 e. The van der Waals surface area contributed by atoms with Crippen molar-refractivity contribution < 1.29 is 14.3 Å². The van der Waals surface area contributed by atoms with Crippen LogP contribution in [-0.4, -0.2) is 15.6 Å². The third-order valence-electron chi connectivity index (χ3n) is 3.29. The molecule has 4 nitrogen and oxygen atoms in total. The molecule has 0 bridgehead atoms. The van der Waals surface area contributed by atoms with E-state index in [0.717, 1.165) is 5.69 Å². The fraction of sp³-hybridized carbons (Fsp3) is 0.267. The molecule has 0 aliphatic rings. The Morgan fingerprint density at radius 3 is 2.73 bits per heavy atom. The standard InChI is InChI=1S/C15H15Cl2FN2O2/c1-20-11(6-12(16)15(20)17)8-19-14(22)7-13(21)9-3-2-4-10(18)5-9/h2-6,13,21H,7-8H2,1H3,(H,19,22). The van der Waals surface area contributed by atoms with Gasteiger partial charge in [0.25, 0.3) is 0 Å². The van der Waals surface area contributed by atoms with Crippen molar-refractivity contribution >= 4 is 29.1 Å². The van der Waals surface area contributed by atoms with Gasteiger partial charge >= 0.3 is 0 Å². The van der Waals surface area contributed by atoms with Crippen molar-refractivity contribution in [1.29, 1.82) is 0 Å². The van der Waals surface area contributed by atoms with E-state index >= 15 is 0 Å². The Balaban J connectivity index is 1.91. The van der Waals surface area contributed by atoms with Gasteiger partial charge in [-0.15, -0.1) is 0 Å². The molecule has 2 rings (SSSR count). The third-order valence-corrected chi connectivity index (χ3v) is 4.14. The van der Waals surface area contributed by atoms with E-state index in [1.54, 1.807) is 23.7 Å².